The van der Waals surface area contributed by atoms with Crippen molar-refractivity contribution in [2.75, 3.05) is 26.2 Å². The van der Waals surface area contributed by atoms with Gasteiger partial charge in [0, 0.05) is 37.8 Å². The molecule has 8 heteroatoms. The van der Waals surface area contributed by atoms with Crippen LogP contribution in [-0.2, 0) is 6.54 Å². The highest BCUT2D eigenvalue weighted by Crippen LogP contribution is 2.11. The van der Waals surface area contributed by atoms with Crippen LogP contribution in [0.2, 0.25) is 0 Å². The second-order valence-electron chi connectivity index (χ2n) is 5.28. The number of nitrogens with one attached hydrogen (secondary N) is 1. The highest BCUT2D eigenvalue weighted by atomic mass is 32.1. The number of amides is 1. The zero-order valence-corrected chi connectivity index (χ0v) is 14.2. The van der Waals surface area contributed by atoms with Crippen LogP contribution in [0.15, 0.2) is 34.4 Å². The number of carbonyl (C=O) groups excluding carboxylic acids is 1. The molecule has 0 aliphatic carbocycles. The van der Waals surface area contributed by atoms with E-state index in [1.807, 2.05) is 16.5 Å². The summed E-state index contributed by atoms with van der Waals surface area (Å²) in [6.45, 7) is 4.41. The van der Waals surface area contributed by atoms with Gasteiger partial charge in [-0.3, -0.25) is 15.0 Å². The van der Waals surface area contributed by atoms with Crippen LogP contribution in [0.25, 0.3) is 0 Å². The van der Waals surface area contributed by atoms with E-state index < -0.39 is 0 Å². The second kappa shape index (κ2) is 7.67. The molecule has 3 heterocycles. The molecular weight excluding hydrogens is 332 g/mol. The fourth-order valence-corrected chi connectivity index (χ4v) is 3.43. The first-order valence-corrected chi connectivity index (χ1v) is 8.75. The highest BCUT2D eigenvalue weighted by Gasteiger charge is 2.19. The first-order valence-electron chi connectivity index (χ1n) is 7.47. The van der Waals surface area contributed by atoms with E-state index in [1.54, 1.807) is 23.5 Å². The summed E-state index contributed by atoms with van der Waals surface area (Å²) in [5, 5.41) is 6.33. The largest absolute Gasteiger partial charge is 0.459 e. The van der Waals surface area contributed by atoms with Crippen molar-refractivity contribution in [2.45, 2.75) is 13.0 Å². The summed E-state index contributed by atoms with van der Waals surface area (Å²) >= 11 is 7.04. The molecule has 0 aromatic carbocycles. The van der Waals surface area contributed by atoms with Crippen LogP contribution in [0, 0.1) is 0 Å². The predicted octanol–water partition coefficient (Wildman–Crippen LogP) is 1.96. The normalized spacial score (nSPS) is 16.1. The average Bonchev–Trinajstić information content (AvgIpc) is 3.19. The van der Waals surface area contributed by atoms with Crippen LogP contribution >= 0.6 is 23.6 Å². The molecule has 2 aromatic heterocycles. The molecule has 3 rings (SSSR count). The third-order valence-corrected chi connectivity index (χ3v) is 4.81. The van der Waals surface area contributed by atoms with Crippen LogP contribution in [0.3, 0.4) is 0 Å². The third kappa shape index (κ3) is 4.37. The molecule has 0 radical (unpaired) electrons. The number of aromatic nitrogens is 1. The van der Waals surface area contributed by atoms with E-state index in [9.17, 15) is 4.79 Å². The first kappa shape index (κ1) is 16.1. The Balaban J connectivity index is 1.51. The summed E-state index contributed by atoms with van der Waals surface area (Å²) in [5.41, 5.74) is 0. The minimum absolute atomic E-state index is 0.271. The minimum Gasteiger partial charge on any atom is -0.459 e. The summed E-state index contributed by atoms with van der Waals surface area (Å²) in [4.78, 5) is 20.7. The molecule has 0 saturated carbocycles. The molecule has 122 valence electrons. The van der Waals surface area contributed by atoms with Gasteiger partial charge in [-0.25, -0.2) is 4.98 Å². The maximum atomic E-state index is 12.0. The van der Waals surface area contributed by atoms with E-state index in [4.69, 9.17) is 16.6 Å². The van der Waals surface area contributed by atoms with Gasteiger partial charge in [0.15, 0.2) is 10.9 Å². The monoisotopic (exact) mass is 350 g/mol. The number of furan rings is 1. The lowest BCUT2D eigenvalue weighted by Crippen LogP contribution is -2.44. The first-order chi connectivity index (χ1) is 11.2. The van der Waals surface area contributed by atoms with Gasteiger partial charge in [0.1, 0.15) is 5.01 Å². The van der Waals surface area contributed by atoms with E-state index in [2.05, 4.69) is 15.2 Å². The number of nitrogens with zero attached hydrogens (tertiary/aromatic N) is 3. The van der Waals surface area contributed by atoms with E-state index in [-0.39, 0.29) is 11.7 Å². The van der Waals surface area contributed by atoms with Gasteiger partial charge < -0.3 is 9.32 Å². The maximum absolute atomic E-state index is 12.0. The Labute approximate surface area is 144 Å². The number of thiazole rings is 1. The fraction of sp³-hybridized carbons (Fsp3) is 0.400. The smallest absolute Gasteiger partial charge is 0.293 e. The molecule has 23 heavy (non-hydrogen) atoms. The Morgan fingerprint density at radius 1 is 1.39 bits per heavy atom. The highest BCUT2D eigenvalue weighted by molar-refractivity contribution is 7.80. The lowest BCUT2D eigenvalue weighted by Gasteiger charge is -2.23. The summed E-state index contributed by atoms with van der Waals surface area (Å²) in [5.74, 6) is -0.0311. The van der Waals surface area contributed by atoms with Crippen molar-refractivity contribution >= 4 is 34.6 Å². The van der Waals surface area contributed by atoms with Gasteiger partial charge in [0.05, 0.1) is 12.8 Å². The van der Waals surface area contributed by atoms with Crippen molar-refractivity contribution in [3.63, 3.8) is 0 Å². The van der Waals surface area contributed by atoms with Gasteiger partial charge in [0.2, 0.25) is 0 Å². The molecule has 0 atom stereocenters. The molecule has 0 bridgehead atoms. The Morgan fingerprint density at radius 3 is 3.04 bits per heavy atom. The van der Waals surface area contributed by atoms with Crippen LogP contribution in [0.5, 0.6) is 0 Å². The van der Waals surface area contributed by atoms with Crippen molar-refractivity contribution < 1.29 is 9.21 Å². The number of hydrogen-bond donors (Lipinski definition) is 1. The minimum atomic E-state index is -0.302. The van der Waals surface area contributed by atoms with Crippen molar-refractivity contribution in [2.24, 2.45) is 0 Å². The third-order valence-electron chi connectivity index (χ3n) is 3.68. The lowest BCUT2D eigenvalue weighted by molar-refractivity contribution is 0.0946. The van der Waals surface area contributed by atoms with Crippen molar-refractivity contribution in [1.82, 2.24) is 20.1 Å². The van der Waals surface area contributed by atoms with E-state index >= 15 is 0 Å². The summed E-state index contributed by atoms with van der Waals surface area (Å²) in [6, 6.07) is 3.30. The van der Waals surface area contributed by atoms with Crippen LogP contribution < -0.4 is 5.32 Å². The number of rotatable bonds is 3. The van der Waals surface area contributed by atoms with Crippen LogP contribution in [0.4, 0.5) is 0 Å². The zero-order valence-electron chi connectivity index (χ0n) is 12.6. The maximum Gasteiger partial charge on any atom is 0.293 e. The quantitative estimate of drug-likeness (QED) is 0.854. The molecule has 2 aromatic rings. The number of hydrogen-bond acceptors (Lipinski definition) is 6. The van der Waals surface area contributed by atoms with Crippen LogP contribution in [-0.4, -0.2) is 52.0 Å². The van der Waals surface area contributed by atoms with Crippen LogP contribution in [0.1, 0.15) is 22.0 Å². The Morgan fingerprint density at radius 2 is 2.30 bits per heavy atom. The van der Waals surface area contributed by atoms with Gasteiger partial charge in [-0.15, -0.1) is 11.3 Å². The van der Waals surface area contributed by atoms with Gasteiger partial charge >= 0.3 is 0 Å². The Hall–Kier alpha value is -1.77. The van der Waals surface area contributed by atoms with Crippen molar-refractivity contribution in [1.29, 1.82) is 0 Å². The molecule has 0 unspecified atom stereocenters. The summed E-state index contributed by atoms with van der Waals surface area (Å²) < 4.78 is 5.08. The molecule has 6 nitrogen and oxygen atoms in total. The Bertz CT molecular complexity index is 643. The molecule has 1 aliphatic rings. The molecule has 0 spiro atoms. The predicted molar refractivity (Wildman–Crippen MR) is 92.4 cm³/mol. The number of thiocarbonyl (C=S) groups is 1. The number of carbonyl (C=O) groups is 1. The van der Waals surface area contributed by atoms with Gasteiger partial charge in [-0.1, -0.05) is 0 Å². The standard InChI is InChI=1S/C15H18N4O2S2/c20-14(12-3-1-9-21-12)17-15(22)19-6-2-5-18(7-8-19)11-13-16-4-10-23-13/h1,3-4,9-10H,2,5-8,11H2,(H,17,20,22). The second-order valence-corrected chi connectivity index (χ2v) is 6.64. The fourth-order valence-electron chi connectivity index (χ4n) is 2.50. The van der Waals surface area contributed by atoms with Gasteiger partial charge in [-0.05, 0) is 30.8 Å². The zero-order chi connectivity index (χ0) is 16.1. The summed E-state index contributed by atoms with van der Waals surface area (Å²) in [6.07, 6.45) is 4.31. The molecule has 1 amide bonds. The van der Waals surface area contributed by atoms with E-state index in [0.29, 0.717) is 5.11 Å². The van der Waals surface area contributed by atoms with E-state index in [1.165, 1.54) is 6.26 Å². The molecule has 1 N–H and O–H groups in total. The Kier molecular flexibility index (Phi) is 5.37. The molecule has 1 saturated heterocycles. The molecular formula is C15H18N4O2S2. The average molecular weight is 350 g/mol. The van der Waals surface area contributed by atoms with Gasteiger partial charge in [0.25, 0.3) is 5.91 Å². The lowest BCUT2D eigenvalue weighted by atomic mass is 10.4. The molecule has 1 fully saturated rings. The van der Waals surface area contributed by atoms with E-state index in [0.717, 1.165) is 44.2 Å². The van der Waals surface area contributed by atoms with Crippen molar-refractivity contribution in [3.8, 4) is 0 Å². The topological polar surface area (TPSA) is 61.6 Å². The summed E-state index contributed by atoms with van der Waals surface area (Å²) in [7, 11) is 0. The SMILES string of the molecule is O=C(NC(=S)N1CCCN(Cc2nccs2)CC1)c1ccco1. The van der Waals surface area contributed by atoms with Gasteiger partial charge in [-0.2, -0.15) is 0 Å². The van der Waals surface area contributed by atoms with Crippen molar-refractivity contribution in [3.05, 3.63) is 40.7 Å². The molecule has 1 aliphatic heterocycles.